The molecule has 3 N–H and O–H groups in total. The number of aromatic nitrogens is 8. The number of carbonyl (C=O) groups is 3. The van der Waals surface area contributed by atoms with Crippen molar-refractivity contribution in [3.05, 3.63) is 12.7 Å². The van der Waals surface area contributed by atoms with E-state index in [-0.39, 0.29) is 70.3 Å². The van der Waals surface area contributed by atoms with Crippen molar-refractivity contribution in [2.45, 2.75) is 315 Å². The standard InChI is InChI=1S/2C24H38N4O2.C23H37BrO2.4CH4/c1-4-24-12-11-22(2,30)13-16(24)5-6-17-18-7-8-20(23(18,3)10-9-19(17)24)21(29)14-28-15-25-26-27-28;1-4-24-12-11-22(2,30)13-16(24)5-6-17-18-7-8-20(23(18,3)10-9-19(17)24)21(29)14-28-26-15-25-27-28;1-4-23-12-11-21(2,26)13-15(23)5-6-16-17-7-8-19(20(25)14-24)22(17,3)10-9-18(16)23;;;;/h2*15-20,30H,4-14H2,1-3H3;15-19,26H,4-14H2,1-3H3;4*1H4/t2*16-,17-,18-,19-,20+,22+,23-,24-;15-,16-,17-,18-,19+,21+,22-,23-;;;;/m000..../s1. The molecule has 0 amide bonds. The first-order chi connectivity index (χ1) is 40.9. The van der Waals surface area contributed by atoms with Gasteiger partial charge < -0.3 is 15.3 Å². The Labute approximate surface area is 554 Å². The van der Waals surface area contributed by atoms with E-state index in [1.54, 1.807) is 11.0 Å². The molecule has 2 aromatic rings. The van der Waals surface area contributed by atoms with Crippen LogP contribution in [0.25, 0.3) is 0 Å². The molecule has 12 aliphatic carbocycles. The molecule has 0 saturated heterocycles. The van der Waals surface area contributed by atoms with Gasteiger partial charge in [0, 0.05) is 17.8 Å². The summed E-state index contributed by atoms with van der Waals surface area (Å²) in [6.07, 6.45) is 38.2. The molecular formula is C75H129BrN8O6. The molecule has 2 heterocycles. The summed E-state index contributed by atoms with van der Waals surface area (Å²) in [6, 6.07) is 0. The lowest BCUT2D eigenvalue weighted by molar-refractivity contribution is -0.158. The van der Waals surface area contributed by atoms with Crippen molar-refractivity contribution in [2.75, 3.05) is 5.33 Å². The normalized spacial score (nSPS) is 47.4. The van der Waals surface area contributed by atoms with Gasteiger partial charge in [0.2, 0.25) is 0 Å². The molecular weight excluding hydrogens is 1190 g/mol. The van der Waals surface area contributed by atoms with E-state index >= 15 is 0 Å². The van der Waals surface area contributed by atoms with Gasteiger partial charge in [0.15, 0.2) is 17.9 Å². The minimum atomic E-state index is -0.473. The molecule has 24 atom stereocenters. The first-order valence-corrected chi connectivity index (χ1v) is 36.7. The van der Waals surface area contributed by atoms with E-state index in [2.05, 4.69) is 102 Å². The third-order valence-corrected chi connectivity index (χ3v) is 31.2. The SMILES string of the molecule is C.C.C.C.CC[C@]12CC[C@@](C)(O)C[C@@H]1CC[C@H]1[C@@H]3CC[C@H](C(=O)CBr)[C@@]3(C)CC[C@@H]12.CC[C@]12CC[C@@](C)(O)C[C@@H]1CC[C@H]1[C@@H]3CC[C@H](C(=O)Cn4cnnn4)[C@@]3(C)CC[C@@H]12.CC[C@]12CC[C@@](C)(O)C[C@@H]1CC[C@H]1[C@@H]3CC[C@H](C(=O)Cn4ncnn4)[C@@]3(C)CC[C@@H]12. The highest BCUT2D eigenvalue weighted by Gasteiger charge is 2.66. The summed E-state index contributed by atoms with van der Waals surface area (Å²) in [5, 5.41) is 55.7. The second kappa shape index (κ2) is 27.2. The van der Waals surface area contributed by atoms with Crippen LogP contribution in [0.3, 0.4) is 0 Å². The van der Waals surface area contributed by atoms with Crippen molar-refractivity contribution in [1.82, 2.24) is 40.4 Å². The predicted octanol–water partition coefficient (Wildman–Crippen LogP) is 16.4. The van der Waals surface area contributed by atoms with Crippen LogP contribution < -0.4 is 0 Å². The number of nitrogens with zero attached hydrogens (tertiary/aromatic N) is 8. The van der Waals surface area contributed by atoms with Crippen LogP contribution in [-0.4, -0.2) is 95.2 Å². The molecule has 12 fully saturated rings. The van der Waals surface area contributed by atoms with Crippen molar-refractivity contribution in [1.29, 1.82) is 0 Å². The minimum Gasteiger partial charge on any atom is -0.390 e. The summed E-state index contributed by atoms with van der Waals surface area (Å²) < 4.78 is 1.58. The van der Waals surface area contributed by atoms with E-state index in [0.717, 1.165) is 99.2 Å². The van der Waals surface area contributed by atoms with E-state index < -0.39 is 16.8 Å². The van der Waals surface area contributed by atoms with Gasteiger partial charge in [0.1, 0.15) is 25.2 Å². The summed E-state index contributed by atoms with van der Waals surface area (Å²) in [7, 11) is 0. The quantitative estimate of drug-likeness (QED) is 0.180. The average molecular weight is 1320 g/mol. The number of tetrazole rings is 2. The van der Waals surface area contributed by atoms with Crippen LogP contribution in [0, 0.1) is 121 Å². The second-order valence-corrected chi connectivity index (χ2v) is 34.4. The fourth-order valence-corrected chi connectivity index (χ4v) is 26.9. The fraction of sp³-hybridized carbons (Fsp3) is 0.933. The molecule has 512 valence electrons. The first kappa shape index (κ1) is 73.3. The monoisotopic (exact) mass is 1320 g/mol. The average Bonchev–Trinajstić information content (AvgIpc) is 1.16. The lowest BCUT2D eigenvalue weighted by Gasteiger charge is -2.63. The van der Waals surface area contributed by atoms with Gasteiger partial charge in [-0.1, -0.05) is 87.2 Å². The predicted molar refractivity (Wildman–Crippen MR) is 363 cm³/mol. The molecule has 0 aliphatic heterocycles. The molecule has 0 aromatic carbocycles. The number of halogens is 1. The number of carbonyl (C=O) groups excluding carboxylic acids is 3. The Morgan fingerprint density at radius 2 is 0.811 bits per heavy atom. The Morgan fingerprint density at radius 1 is 0.444 bits per heavy atom. The summed E-state index contributed by atoms with van der Waals surface area (Å²) in [4.78, 5) is 40.4. The molecule has 14 rings (SSSR count). The van der Waals surface area contributed by atoms with E-state index in [4.69, 9.17) is 0 Å². The highest BCUT2D eigenvalue weighted by Crippen LogP contribution is 2.73. The molecule has 15 heteroatoms. The van der Waals surface area contributed by atoms with E-state index in [1.165, 1.54) is 146 Å². The largest absolute Gasteiger partial charge is 0.390 e. The minimum absolute atomic E-state index is 0. The molecule has 0 radical (unpaired) electrons. The lowest BCUT2D eigenvalue weighted by atomic mass is 9.42. The summed E-state index contributed by atoms with van der Waals surface area (Å²) >= 11 is 3.44. The molecule has 12 aliphatic rings. The van der Waals surface area contributed by atoms with Crippen LogP contribution in [0.4, 0.5) is 0 Å². The molecule has 14 nitrogen and oxygen atoms in total. The number of alkyl halides is 1. The molecule has 2 aromatic heterocycles. The maximum atomic E-state index is 13.2. The maximum absolute atomic E-state index is 13.2. The Kier molecular flexibility index (Phi) is 22.2. The molecule has 12 saturated carbocycles. The Hall–Kier alpha value is -2.49. The van der Waals surface area contributed by atoms with Crippen LogP contribution in [-0.2, 0) is 27.5 Å². The molecule has 90 heavy (non-hydrogen) atoms. The maximum Gasteiger partial charge on any atom is 0.162 e. The Balaban J connectivity index is 0.000000171. The third kappa shape index (κ3) is 12.3. The summed E-state index contributed by atoms with van der Waals surface area (Å²) in [5.41, 5.74) is 0.410. The Bertz CT molecular complexity index is 2610. The third-order valence-electron chi connectivity index (χ3n) is 30.6. The van der Waals surface area contributed by atoms with Crippen molar-refractivity contribution in [3.8, 4) is 0 Å². The van der Waals surface area contributed by atoms with Gasteiger partial charge in [-0.15, -0.1) is 15.3 Å². The molecule has 0 spiro atoms. The molecule has 0 bridgehead atoms. The van der Waals surface area contributed by atoms with Gasteiger partial charge >= 0.3 is 0 Å². The summed E-state index contributed by atoms with van der Waals surface area (Å²) in [6.45, 7) is 21.2. The number of Topliss-reactive ketones (excluding diaryl/α,β-unsaturated/α-hetero) is 3. The van der Waals surface area contributed by atoms with Crippen molar-refractivity contribution < 1.29 is 29.7 Å². The van der Waals surface area contributed by atoms with E-state index in [1.807, 2.05) is 6.92 Å². The van der Waals surface area contributed by atoms with Crippen LogP contribution in [0.5, 0.6) is 0 Å². The number of hydrogen-bond acceptors (Lipinski definition) is 12. The number of fused-ring (bicyclic) bond motifs is 15. The topological polar surface area (TPSA) is 199 Å². The molecule has 0 unspecified atom stereocenters. The summed E-state index contributed by atoms with van der Waals surface area (Å²) in [5.74, 6) is 10.5. The zero-order chi connectivity index (χ0) is 61.0. The van der Waals surface area contributed by atoms with Gasteiger partial charge in [0.25, 0.3) is 0 Å². The van der Waals surface area contributed by atoms with Crippen LogP contribution >= 0.6 is 15.9 Å². The van der Waals surface area contributed by atoms with Crippen molar-refractivity contribution in [2.24, 2.45) is 121 Å². The van der Waals surface area contributed by atoms with Crippen LogP contribution in [0.2, 0.25) is 0 Å². The van der Waals surface area contributed by atoms with Gasteiger partial charge in [-0.3, -0.25) is 14.4 Å². The zero-order valence-corrected chi connectivity index (χ0v) is 56.3. The number of ketones is 3. The first-order valence-electron chi connectivity index (χ1n) is 35.6. The second-order valence-electron chi connectivity index (χ2n) is 33.8. The number of hydrogen-bond donors (Lipinski definition) is 3. The van der Waals surface area contributed by atoms with Crippen molar-refractivity contribution >= 4 is 33.3 Å². The van der Waals surface area contributed by atoms with E-state index in [0.29, 0.717) is 75.1 Å². The van der Waals surface area contributed by atoms with Gasteiger partial charge in [-0.25, -0.2) is 4.68 Å². The van der Waals surface area contributed by atoms with Gasteiger partial charge in [0.05, 0.1) is 22.1 Å². The van der Waals surface area contributed by atoms with Gasteiger partial charge in [-0.2, -0.15) is 4.80 Å². The highest BCUT2D eigenvalue weighted by molar-refractivity contribution is 9.09. The number of aliphatic hydroxyl groups is 3. The highest BCUT2D eigenvalue weighted by atomic mass is 79.9. The van der Waals surface area contributed by atoms with Crippen LogP contribution in [0.15, 0.2) is 12.7 Å². The number of rotatable bonds is 11. The lowest BCUT2D eigenvalue weighted by Crippen LogP contribution is -2.56. The van der Waals surface area contributed by atoms with E-state index in [9.17, 15) is 29.7 Å². The fourth-order valence-electron chi connectivity index (χ4n) is 26.5. The van der Waals surface area contributed by atoms with Crippen LogP contribution in [0.1, 0.15) is 285 Å². The smallest absolute Gasteiger partial charge is 0.162 e. The zero-order valence-electron chi connectivity index (χ0n) is 54.7. The Morgan fingerprint density at radius 3 is 1.13 bits per heavy atom. The van der Waals surface area contributed by atoms with Gasteiger partial charge in [-0.05, 0) is 333 Å². The van der Waals surface area contributed by atoms with Crippen molar-refractivity contribution in [3.63, 3.8) is 0 Å².